The van der Waals surface area contributed by atoms with Crippen LogP contribution in [0.15, 0.2) is 349 Å². The second-order valence-electron chi connectivity index (χ2n) is 39.0. The fraction of sp³-hybridized carbons (Fsp3) is 0.164. The van der Waals surface area contributed by atoms with E-state index in [2.05, 4.69) is 403 Å². The van der Waals surface area contributed by atoms with E-state index in [1.54, 1.807) is 0 Å². The third-order valence-corrected chi connectivity index (χ3v) is 28.9. The Labute approximate surface area is 783 Å². The number of hydrogen-bond donors (Lipinski definition) is 0. The number of fused-ring (bicyclic) bond motifs is 21. The van der Waals surface area contributed by atoms with Crippen molar-refractivity contribution in [1.29, 1.82) is 0 Å². The molecule has 9 heterocycles. The van der Waals surface area contributed by atoms with E-state index in [0.717, 1.165) is 157 Å². The predicted octanol–water partition coefficient (Wildman–Crippen LogP) is 27.2. The molecule has 6 aliphatic heterocycles. The number of aromatic nitrogens is 1. The summed E-state index contributed by atoms with van der Waals surface area (Å²) in [5.74, 6) is 12.9. The Kier molecular flexibility index (Phi) is 20.0. The van der Waals surface area contributed by atoms with Gasteiger partial charge in [-0.1, -0.05) is 326 Å². The first kappa shape index (κ1) is 82.3. The van der Waals surface area contributed by atoms with Crippen LogP contribution in [-0.4, -0.2) is 24.7 Å². The van der Waals surface area contributed by atoms with Crippen molar-refractivity contribution < 1.29 is 37.3 Å². The second-order valence-corrected chi connectivity index (χ2v) is 39.0. The lowest BCUT2D eigenvalue weighted by atomic mass is 9.34. The molecule has 0 amide bonds. The minimum Gasteiger partial charge on any atom is -0.458 e. The molecule has 0 spiro atoms. The van der Waals surface area contributed by atoms with Gasteiger partial charge in [-0.15, -0.1) is 0 Å². The lowest BCUT2D eigenvalue weighted by molar-refractivity contribution is 0.461. The Morgan fingerprint density at radius 2 is 0.478 bits per heavy atom. The fourth-order valence-corrected chi connectivity index (χ4v) is 21.8. The van der Waals surface area contributed by atoms with Gasteiger partial charge in [0.15, 0.2) is 0 Å². The monoisotopic (exact) mass is 1740 g/mol. The molecule has 6 aliphatic rings. The summed E-state index contributed by atoms with van der Waals surface area (Å²) in [4.78, 5) is 0. The molecule has 0 fully saturated rings. The minimum atomic E-state index is -0.112. The molecular weight excluding hydrogens is 1640 g/mol. The zero-order valence-corrected chi connectivity index (χ0v) is 77.4. The van der Waals surface area contributed by atoms with Gasteiger partial charge in [-0.05, 0) is 209 Å². The summed E-state index contributed by atoms with van der Waals surface area (Å²) in [5.41, 5.74) is 32.1. The van der Waals surface area contributed by atoms with Gasteiger partial charge in [0.05, 0.1) is 16.7 Å². The maximum Gasteiger partial charge on any atom is 0.260 e. The van der Waals surface area contributed by atoms with Crippen LogP contribution in [0.5, 0.6) is 69.0 Å². The van der Waals surface area contributed by atoms with Crippen molar-refractivity contribution >= 4 is 135 Å². The van der Waals surface area contributed by atoms with Crippen LogP contribution in [0.2, 0.25) is 0 Å². The summed E-state index contributed by atoms with van der Waals surface area (Å²) >= 11 is 0. The highest BCUT2D eigenvalue weighted by atomic mass is 16.5. The molecule has 20 aromatic rings. The molecular formula is C122H100B3NO8. The quantitative estimate of drug-likeness (QED) is 0.0834. The van der Waals surface area contributed by atoms with Crippen molar-refractivity contribution in [1.82, 2.24) is 4.57 Å². The van der Waals surface area contributed by atoms with Crippen molar-refractivity contribution in [2.75, 3.05) is 0 Å². The van der Waals surface area contributed by atoms with E-state index in [9.17, 15) is 0 Å². The van der Waals surface area contributed by atoms with E-state index in [4.69, 9.17) is 37.3 Å². The van der Waals surface area contributed by atoms with Crippen molar-refractivity contribution in [2.24, 2.45) is 0 Å². The minimum absolute atomic E-state index is 0.0212. The summed E-state index contributed by atoms with van der Waals surface area (Å²) in [6.45, 7) is 27.0. The zero-order chi connectivity index (χ0) is 90.7. The van der Waals surface area contributed by atoms with Gasteiger partial charge in [0, 0.05) is 83.8 Å². The lowest BCUT2D eigenvalue weighted by Gasteiger charge is -2.35. The van der Waals surface area contributed by atoms with E-state index >= 15 is 0 Å². The number of furan rings is 2. The van der Waals surface area contributed by atoms with E-state index in [1.807, 2.05) is 24.3 Å². The third-order valence-electron chi connectivity index (χ3n) is 28.9. The Bertz CT molecular complexity index is 7850. The highest BCUT2D eigenvalue weighted by molar-refractivity contribution is 6.99. The molecule has 3 aromatic heterocycles. The summed E-state index contributed by atoms with van der Waals surface area (Å²) < 4.78 is 56.4. The van der Waals surface area contributed by atoms with Crippen molar-refractivity contribution in [2.45, 2.75) is 130 Å². The number of rotatable bonds is 13. The van der Waals surface area contributed by atoms with Crippen molar-refractivity contribution in [3.05, 3.63) is 406 Å². The number of nitrogens with zero attached hydrogens (tertiary/aromatic N) is 1. The smallest absolute Gasteiger partial charge is 0.260 e. The summed E-state index contributed by atoms with van der Waals surface area (Å²) in [5, 5.41) is 6.97. The first-order chi connectivity index (χ1) is 65.4. The summed E-state index contributed by atoms with van der Waals surface area (Å²) in [6.07, 6.45) is 0. The Morgan fingerprint density at radius 1 is 0.201 bits per heavy atom. The van der Waals surface area contributed by atoms with Gasteiger partial charge < -0.3 is 41.8 Å². The van der Waals surface area contributed by atoms with Crippen LogP contribution < -0.4 is 77.6 Å². The summed E-state index contributed by atoms with van der Waals surface area (Å²) in [6, 6.07) is 122. The molecule has 134 heavy (non-hydrogen) atoms. The van der Waals surface area contributed by atoms with Crippen LogP contribution in [0.4, 0.5) is 0 Å². The first-order valence-electron chi connectivity index (χ1n) is 47.7. The molecule has 0 aliphatic carbocycles. The van der Waals surface area contributed by atoms with Gasteiger partial charge in [0.2, 0.25) is 0 Å². The van der Waals surface area contributed by atoms with Crippen molar-refractivity contribution in [3.8, 4) is 74.7 Å². The number of para-hydroxylation sites is 6. The SMILES string of the molecule is CC(C)c1ccc2c(c1)B1c3cc(C(C)C)ccc3Oc3cc(-n4c5ccccc5c5ccccc54)cc(c31)O2.CC(C)c1ccc2c(c1)B1c3cc(C(C)C)ccc3Oc3cc(C(c4ccccc4)c4cccc5c4oc4ccccc45)cc(c31)O2.CC(C)c1ccc2c(c1)Oc1cc(C(c3ccccc3)c3cccc4c3oc3ccccc34)cc3c1B2c1ccc(C(C)C)cc1O3. The largest absolute Gasteiger partial charge is 0.458 e. The normalized spacial score (nSPS) is 13.6. The van der Waals surface area contributed by atoms with Crippen LogP contribution in [0.3, 0.4) is 0 Å². The average Bonchev–Trinajstić information content (AvgIpc) is 0.947. The highest BCUT2D eigenvalue weighted by Gasteiger charge is 2.46. The second kappa shape index (κ2) is 32.6. The van der Waals surface area contributed by atoms with Crippen molar-refractivity contribution in [3.63, 3.8) is 0 Å². The Hall–Kier alpha value is -14.9. The maximum atomic E-state index is 6.89. The van der Waals surface area contributed by atoms with Crippen LogP contribution in [0, 0.1) is 0 Å². The zero-order valence-electron chi connectivity index (χ0n) is 77.4. The van der Waals surface area contributed by atoms with Gasteiger partial charge in [-0.3, -0.25) is 0 Å². The Balaban J connectivity index is 0.000000111. The Morgan fingerprint density at radius 3 is 0.828 bits per heavy atom. The molecule has 9 nitrogen and oxygen atoms in total. The average molecular weight is 1740 g/mol. The van der Waals surface area contributed by atoms with E-state index in [0.29, 0.717) is 35.5 Å². The lowest BCUT2D eigenvalue weighted by Crippen LogP contribution is -2.57. The van der Waals surface area contributed by atoms with Gasteiger partial charge in [-0.2, -0.15) is 0 Å². The molecule has 17 aromatic carbocycles. The summed E-state index contributed by atoms with van der Waals surface area (Å²) in [7, 11) is 0. The number of benzene rings is 17. The molecule has 650 valence electrons. The third kappa shape index (κ3) is 13.7. The van der Waals surface area contributed by atoms with Gasteiger partial charge in [-0.25, -0.2) is 0 Å². The molecule has 0 radical (unpaired) electrons. The molecule has 0 N–H and O–H groups in total. The maximum absolute atomic E-state index is 6.89. The molecule has 0 saturated heterocycles. The molecule has 12 heteroatoms. The standard InChI is InChI=1S/2C43H35BO3.C36H30BNO2/c1-25(2)28-17-19-37-34(21-28)44-35-22-29(26(3)4)18-20-38(35)46-40-24-30(23-39(45-37)42(40)44)41(27-11-6-5-7-12-27)33-15-10-14-32-31-13-8-9-16-36(31)47-43(32)33;1-25(2)28-17-19-34-37(21-28)45-39-23-30(24-40-42(39)44(34)35-20-18-29(26(3)4)22-38(35)46-40)41(27-11-6-5-7-12-27)33-15-10-14-32-31-13-8-9-16-36(31)47-43(32)33;1-21(2)23-13-15-32-28(17-23)37-29-18-24(22(3)4)14-16-33(29)40-35-20-25(19-34(39-32)36(35)37)38-30-11-7-5-9-26(30)27-10-6-8-12-31(27)38/h2*5-26,41H,1-4H3;5-22H,1-4H3. The van der Waals surface area contributed by atoms with Gasteiger partial charge in [0.25, 0.3) is 20.1 Å². The molecule has 26 rings (SSSR count). The fourth-order valence-electron chi connectivity index (χ4n) is 21.8. The first-order valence-corrected chi connectivity index (χ1v) is 47.7. The van der Waals surface area contributed by atoms with Crippen LogP contribution in [0.1, 0.15) is 197 Å². The molecule has 2 unspecified atom stereocenters. The number of ether oxygens (including phenoxy) is 6. The number of hydrogen-bond acceptors (Lipinski definition) is 8. The highest BCUT2D eigenvalue weighted by Crippen LogP contribution is 2.50. The molecule has 0 bridgehead atoms. The van der Waals surface area contributed by atoms with Gasteiger partial charge in [0.1, 0.15) is 91.3 Å². The van der Waals surface area contributed by atoms with Gasteiger partial charge >= 0.3 is 0 Å². The van der Waals surface area contributed by atoms with E-state index in [-0.39, 0.29) is 32.0 Å². The molecule has 2 atom stereocenters. The van der Waals surface area contributed by atoms with E-state index in [1.165, 1.54) is 99.1 Å². The van der Waals surface area contributed by atoms with Crippen LogP contribution in [0.25, 0.3) is 71.4 Å². The molecule has 0 saturated carbocycles. The van der Waals surface area contributed by atoms with Crippen LogP contribution in [-0.2, 0) is 0 Å². The topological polar surface area (TPSA) is 86.6 Å². The van der Waals surface area contributed by atoms with E-state index < -0.39 is 0 Å². The van der Waals surface area contributed by atoms with Crippen LogP contribution >= 0.6 is 0 Å². The predicted molar refractivity (Wildman–Crippen MR) is 553 cm³/mol.